The highest BCUT2D eigenvalue weighted by molar-refractivity contribution is 5.58. The molecule has 4 heterocycles. The summed E-state index contributed by atoms with van der Waals surface area (Å²) in [5.74, 6) is 1.59. The van der Waals surface area contributed by atoms with Gasteiger partial charge in [-0.25, -0.2) is 4.98 Å². The van der Waals surface area contributed by atoms with Crippen molar-refractivity contribution in [3.63, 3.8) is 0 Å². The minimum Gasteiger partial charge on any atom is -0.461 e. The van der Waals surface area contributed by atoms with E-state index in [1.54, 1.807) is 27.8 Å². The van der Waals surface area contributed by atoms with E-state index >= 15 is 0 Å². The summed E-state index contributed by atoms with van der Waals surface area (Å²) in [5, 5.41) is 4.37. The molecule has 112 valence electrons. The molecule has 7 nitrogen and oxygen atoms in total. The predicted molar refractivity (Wildman–Crippen MR) is 79.8 cm³/mol. The lowest BCUT2D eigenvalue weighted by molar-refractivity contribution is -0.118. The van der Waals surface area contributed by atoms with Gasteiger partial charge in [0.25, 0.3) is 0 Å². The van der Waals surface area contributed by atoms with Gasteiger partial charge in [-0.05, 0) is 42.7 Å². The molecule has 3 aromatic rings. The van der Waals surface area contributed by atoms with Gasteiger partial charge in [0.2, 0.25) is 12.2 Å². The van der Waals surface area contributed by atoms with Crippen LogP contribution in [0.2, 0.25) is 0 Å². The molecule has 0 aliphatic carbocycles. The molecule has 22 heavy (non-hydrogen) atoms. The number of carbonyl (C=O) groups excluding carboxylic acids is 1. The van der Waals surface area contributed by atoms with Crippen molar-refractivity contribution in [2.45, 2.75) is 18.9 Å². The lowest BCUT2D eigenvalue weighted by Gasteiger charge is -2.20. The lowest BCUT2D eigenvalue weighted by atomic mass is 10.1. The van der Waals surface area contributed by atoms with E-state index in [1.807, 2.05) is 12.1 Å². The Morgan fingerprint density at radius 3 is 3.09 bits per heavy atom. The molecular weight excluding hydrogens is 282 g/mol. The minimum atomic E-state index is 0.0635. The molecule has 1 saturated heterocycles. The molecule has 0 bridgehead atoms. The largest absolute Gasteiger partial charge is 0.461 e. The van der Waals surface area contributed by atoms with Crippen molar-refractivity contribution < 1.29 is 9.21 Å². The third-order valence-corrected chi connectivity index (χ3v) is 4.04. The zero-order valence-corrected chi connectivity index (χ0v) is 11.8. The van der Waals surface area contributed by atoms with Crippen LogP contribution in [-0.2, 0) is 4.79 Å². The second-order valence-corrected chi connectivity index (χ2v) is 5.40. The van der Waals surface area contributed by atoms with E-state index in [4.69, 9.17) is 10.2 Å². The number of hydrogen-bond donors (Lipinski definition) is 1. The highest BCUT2D eigenvalue weighted by Crippen LogP contribution is 2.32. The van der Waals surface area contributed by atoms with Gasteiger partial charge in [0.1, 0.15) is 5.82 Å². The zero-order chi connectivity index (χ0) is 15.1. The number of nitrogens with two attached hydrogens (primary N) is 1. The van der Waals surface area contributed by atoms with Crippen LogP contribution >= 0.6 is 0 Å². The molecule has 3 aromatic heterocycles. The van der Waals surface area contributed by atoms with E-state index in [2.05, 4.69) is 10.1 Å². The first-order valence-corrected chi connectivity index (χ1v) is 7.17. The van der Waals surface area contributed by atoms with Crippen molar-refractivity contribution in [1.82, 2.24) is 19.5 Å². The molecule has 0 spiro atoms. The number of likely N-dealkylation sites (tertiary alicyclic amines) is 1. The Balaban J connectivity index is 1.81. The van der Waals surface area contributed by atoms with Gasteiger partial charge in [-0.2, -0.15) is 4.52 Å². The number of anilines is 1. The fraction of sp³-hybridized carbons (Fsp3) is 0.267. The Labute approximate surface area is 126 Å². The Morgan fingerprint density at radius 1 is 1.41 bits per heavy atom. The number of fused-ring (bicyclic) bond motifs is 1. The van der Waals surface area contributed by atoms with Crippen molar-refractivity contribution in [3.8, 4) is 11.6 Å². The normalized spacial score (nSPS) is 18.2. The van der Waals surface area contributed by atoms with Crippen LogP contribution in [0, 0.1) is 0 Å². The van der Waals surface area contributed by atoms with Crippen LogP contribution in [0.25, 0.3) is 17.2 Å². The molecule has 1 fully saturated rings. The standard InChI is InChI=1S/C15H15N5O2/c16-13-7-10(11-3-1-5-19(11)9-21)8-14-17-15(18-20(13)14)12-4-2-6-22-12/h2,4,6-9,11H,1,3,5,16H2. The van der Waals surface area contributed by atoms with Crippen molar-refractivity contribution in [2.75, 3.05) is 12.3 Å². The van der Waals surface area contributed by atoms with E-state index in [0.29, 0.717) is 23.0 Å². The van der Waals surface area contributed by atoms with Crippen molar-refractivity contribution in [3.05, 3.63) is 36.1 Å². The summed E-state index contributed by atoms with van der Waals surface area (Å²) in [6.07, 6.45) is 4.42. The Kier molecular flexibility index (Phi) is 2.85. The highest BCUT2D eigenvalue weighted by Gasteiger charge is 2.26. The quantitative estimate of drug-likeness (QED) is 0.745. The number of amides is 1. The van der Waals surface area contributed by atoms with Crippen LogP contribution in [0.5, 0.6) is 0 Å². The van der Waals surface area contributed by atoms with E-state index < -0.39 is 0 Å². The Hall–Kier alpha value is -2.83. The van der Waals surface area contributed by atoms with Crippen LogP contribution in [0.4, 0.5) is 5.82 Å². The number of furan rings is 1. The second kappa shape index (κ2) is 4.87. The zero-order valence-electron chi connectivity index (χ0n) is 11.8. The van der Waals surface area contributed by atoms with Crippen LogP contribution in [0.15, 0.2) is 34.9 Å². The van der Waals surface area contributed by atoms with E-state index in [1.165, 1.54) is 0 Å². The Morgan fingerprint density at radius 2 is 2.32 bits per heavy atom. The summed E-state index contributed by atoms with van der Waals surface area (Å²) in [6, 6.07) is 7.45. The van der Waals surface area contributed by atoms with Crippen molar-refractivity contribution in [2.24, 2.45) is 0 Å². The summed E-state index contributed by atoms with van der Waals surface area (Å²) in [4.78, 5) is 17.4. The number of pyridine rings is 1. The minimum absolute atomic E-state index is 0.0635. The van der Waals surface area contributed by atoms with E-state index in [0.717, 1.165) is 31.4 Å². The molecule has 0 aromatic carbocycles. The van der Waals surface area contributed by atoms with Crippen LogP contribution in [0.3, 0.4) is 0 Å². The smallest absolute Gasteiger partial charge is 0.217 e. The monoisotopic (exact) mass is 297 g/mol. The van der Waals surface area contributed by atoms with Gasteiger partial charge in [0.15, 0.2) is 11.4 Å². The molecule has 1 atom stereocenters. The molecule has 0 saturated carbocycles. The number of carbonyl (C=O) groups is 1. The first-order valence-electron chi connectivity index (χ1n) is 7.17. The summed E-state index contributed by atoms with van der Waals surface area (Å²) in [6.45, 7) is 0.781. The van der Waals surface area contributed by atoms with Gasteiger partial charge in [-0.1, -0.05) is 0 Å². The summed E-state index contributed by atoms with van der Waals surface area (Å²) in [5.41, 5.74) is 7.75. The topological polar surface area (TPSA) is 89.7 Å². The third-order valence-electron chi connectivity index (χ3n) is 4.04. The average molecular weight is 297 g/mol. The molecule has 1 unspecified atom stereocenters. The van der Waals surface area contributed by atoms with E-state index in [-0.39, 0.29) is 6.04 Å². The predicted octanol–water partition coefficient (Wildman–Crippen LogP) is 1.86. The number of rotatable bonds is 3. The van der Waals surface area contributed by atoms with Gasteiger partial charge in [-0.3, -0.25) is 4.79 Å². The second-order valence-electron chi connectivity index (χ2n) is 5.40. The third kappa shape index (κ3) is 1.93. The molecule has 7 heteroatoms. The molecule has 1 aliphatic heterocycles. The number of nitrogen functional groups attached to an aromatic ring is 1. The summed E-state index contributed by atoms with van der Waals surface area (Å²) < 4.78 is 6.90. The first-order chi connectivity index (χ1) is 10.8. The van der Waals surface area contributed by atoms with Gasteiger partial charge in [-0.15, -0.1) is 5.10 Å². The van der Waals surface area contributed by atoms with Crippen molar-refractivity contribution in [1.29, 1.82) is 0 Å². The summed E-state index contributed by atoms with van der Waals surface area (Å²) >= 11 is 0. The van der Waals surface area contributed by atoms with E-state index in [9.17, 15) is 4.79 Å². The van der Waals surface area contributed by atoms with Crippen LogP contribution in [0.1, 0.15) is 24.4 Å². The molecular formula is C15H15N5O2. The SMILES string of the molecule is Nc1cc(C2CCCN2C=O)cc2nc(-c3ccco3)nn12. The maximum Gasteiger partial charge on any atom is 0.217 e. The fourth-order valence-electron chi connectivity index (χ4n) is 3.01. The van der Waals surface area contributed by atoms with Gasteiger partial charge >= 0.3 is 0 Å². The number of hydrogen-bond acceptors (Lipinski definition) is 5. The van der Waals surface area contributed by atoms with Gasteiger partial charge in [0, 0.05) is 6.54 Å². The van der Waals surface area contributed by atoms with Crippen molar-refractivity contribution >= 4 is 17.9 Å². The molecule has 2 N–H and O–H groups in total. The molecule has 1 aliphatic rings. The van der Waals surface area contributed by atoms with Crippen LogP contribution in [-0.4, -0.2) is 32.5 Å². The Bertz CT molecular complexity index is 824. The molecule has 4 rings (SSSR count). The summed E-state index contributed by atoms with van der Waals surface area (Å²) in [7, 11) is 0. The molecule has 1 amide bonds. The first kappa shape index (κ1) is 12.9. The maximum absolute atomic E-state index is 11.1. The molecule has 0 radical (unpaired) electrons. The lowest BCUT2D eigenvalue weighted by Crippen LogP contribution is -2.21. The number of aromatic nitrogens is 3. The van der Waals surface area contributed by atoms with Crippen LogP contribution < -0.4 is 5.73 Å². The maximum atomic E-state index is 11.1. The highest BCUT2D eigenvalue weighted by atomic mass is 16.3. The number of nitrogens with zero attached hydrogens (tertiary/aromatic N) is 4. The van der Waals surface area contributed by atoms with Gasteiger partial charge < -0.3 is 15.1 Å². The average Bonchev–Trinajstić information content (AvgIpc) is 3.25. The fourth-order valence-corrected chi connectivity index (χ4v) is 3.01. The van der Waals surface area contributed by atoms with Gasteiger partial charge in [0.05, 0.1) is 12.3 Å².